The molecule has 5 aliphatic carbocycles. The van der Waals surface area contributed by atoms with Crippen LogP contribution in [0.25, 0.3) is 0 Å². The first-order valence-electron chi connectivity index (χ1n) is 22.9. The van der Waals surface area contributed by atoms with Crippen molar-refractivity contribution in [1.82, 2.24) is 15.5 Å². The molecule has 0 aromatic rings. The number of carbonyl (C=O) groups is 4. The topological polar surface area (TPSA) is 123 Å². The number of rotatable bonds is 10. The molecule has 0 bridgehead atoms. The van der Waals surface area contributed by atoms with Crippen molar-refractivity contribution >= 4 is 23.9 Å². The van der Waals surface area contributed by atoms with Crippen LogP contribution in [0.1, 0.15) is 153 Å². The molecule has 13 atom stereocenters. The van der Waals surface area contributed by atoms with Gasteiger partial charge < -0.3 is 29.7 Å². The molecule has 0 radical (unpaired) electrons. The Labute approximate surface area is 350 Å². The molecule has 2 N–H and O–H groups in total. The minimum Gasteiger partial charge on any atom is -0.462 e. The van der Waals surface area contributed by atoms with Gasteiger partial charge in [0.2, 0.25) is 11.8 Å². The predicted molar refractivity (Wildman–Crippen MR) is 226 cm³/mol. The molecule has 328 valence electrons. The SMILES string of the molecule is C=C(C)C1CC[C@]2(C(=O)NCCNC(=O)[C@H](C)[C@@H](OC)C3CCCN3C(=O)OC(C)(C)C)CC[C@]3(C)C(CCC4[C@@]5(C)CC[C@H](OC(C)=O)C(C)(C)C5CC[C@]43C)[C@@H]12. The normalized spacial score (nSPS) is 40.1. The number of esters is 1. The van der Waals surface area contributed by atoms with Crippen LogP contribution in [0.2, 0.25) is 0 Å². The van der Waals surface area contributed by atoms with E-state index in [0.717, 1.165) is 64.2 Å². The number of hydrogen-bond donors (Lipinski definition) is 2. The molecule has 0 aromatic heterocycles. The molecule has 0 aromatic carbocycles. The maximum absolute atomic E-state index is 14.7. The van der Waals surface area contributed by atoms with Crippen LogP contribution >= 0.6 is 0 Å². The number of nitrogens with one attached hydrogen (secondary N) is 2. The monoisotopic (exact) mass is 810 g/mol. The molecule has 6 fully saturated rings. The maximum Gasteiger partial charge on any atom is 0.410 e. The molecule has 5 saturated carbocycles. The first-order chi connectivity index (χ1) is 27.0. The lowest BCUT2D eigenvalue weighted by Crippen LogP contribution is -2.67. The average molecular weight is 810 g/mol. The van der Waals surface area contributed by atoms with Gasteiger partial charge in [-0.15, -0.1) is 0 Å². The number of amides is 3. The van der Waals surface area contributed by atoms with E-state index in [2.05, 4.69) is 58.8 Å². The van der Waals surface area contributed by atoms with Crippen molar-refractivity contribution in [2.45, 2.75) is 177 Å². The number of carbonyl (C=O) groups excluding carboxylic acids is 4. The summed E-state index contributed by atoms with van der Waals surface area (Å²) in [6, 6.07) is -0.249. The number of likely N-dealkylation sites (tertiary alicyclic amines) is 1. The van der Waals surface area contributed by atoms with E-state index in [1.807, 2.05) is 27.7 Å². The molecule has 1 saturated heterocycles. The number of methoxy groups -OCH3 is 1. The highest BCUT2D eigenvalue weighted by atomic mass is 16.6. The minimum atomic E-state index is -0.608. The van der Waals surface area contributed by atoms with Gasteiger partial charge >= 0.3 is 12.1 Å². The van der Waals surface area contributed by atoms with Crippen LogP contribution in [0.4, 0.5) is 4.79 Å². The van der Waals surface area contributed by atoms with Crippen molar-refractivity contribution in [3.05, 3.63) is 12.2 Å². The van der Waals surface area contributed by atoms with Gasteiger partial charge in [-0.25, -0.2) is 4.79 Å². The van der Waals surface area contributed by atoms with Crippen molar-refractivity contribution in [3.8, 4) is 0 Å². The Morgan fingerprint density at radius 2 is 1.52 bits per heavy atom. The fraction of sp³-hybridized carbons (Fsp3) is 0.875. The lowest BCUT2D eigenvalue weighted by atomic mass is 9.32. The van der Waals surface area contributed by atoms with E-state index < -0.39 is 23.0 Å². The number of ether oxygens (including phenoxy) is 3. The third kappa shape index (κ3) is 7.43. The summed E-state index contributed by atoms with van der Waals surface area (Å²) in [6.45, 7) is 29.4. The molecule has 10 heteroatoms. The smallest absolute Gasteiger partial charge is 0.410 e. The van der Waals surface area contributed by atoms with Crippen LogP contribution in [0, 0.1) is 62.6 Å². The standard InChI is InChI=1S/C48H79N3O7/c1-29(2)32-18-23-48(41(54)50-27-26-49-40(53)30(3)39(56-13)34-15-14-28-51(34)42(55)58-43(5,6)7)25-24-46(11)33(38(32)48)16-17-36-45(10)21-20-37(57-31(4)52)44(8,9)35(45)19-22-47(36,46)12/h30,32-39H,1,14-28H2,2-13H3,(H,49,53)(H,50,54)/t30-,32?,33?,34?,35?,36?,37+,38-,39-,45+,46-,47-,48+/m1/s1. The minimum absolute atomic E-state index is 0.0318. The van der Waals surface area contributed by atoms with Gasteiger partial charge in [0, 0.05) is 39.1 Å². The Balaban J connectivity index is 1.13. The van der Waals surface area contributed by atoms with Crippen molar-refractivity contribution in [2.24, 2.45) is 62.6 Å². The van der Waals surface area contributed by atoms with E-state index in [-0.39, 0.29) is 63.6 Å². The van der Waals surface area contributed by atoms with Gasteiger partial charge in [-0.05, 0) is 151 Å². The molecule has 5 unspecified atom stereocenters. The van der Waals surface area contributed by atoms with Crippen LogP contribution in [-0.2, 0) is 28.6 Å². The first kappa shape index (κ1) is 44.9. The lowest BCUT2D eigenvalue weighted by molar-refractivity contribution is -0.248. The molecule has 58 heavy (non-hydrogen) atoms. The summed E-state index contributed by atoms with van der Waals surface area (Å²) in [6.07, 6.45) is 11.2. The summed E-state index contributed by atoms with van der Waals surface area (Å²) in [5.74, 6) is 1.42. The molecule has 3 amide bonds. The molecule has 1 heterocycles. The largest absolute Gasteiger partial charge is 0.462 e. The fourth-order valence-electron chi connectivity index (χ4n) is 15.1. The van der Waals surface area contributed by atoms with Crippen LogP contribution < -0.4 is 10.6 Å². The Hall–Kier alpha value is -2.62. The maximum atomic E-state index is 14.7. The second-order valence-corrected chi connectivity index (χ2v) is 22.2. The molecule has 6 rings (SSSR count). The van der Waals surface area contributed by atoms with Crippen molar-refractivity contribution in [1.29, 1.82) is 0 Å². The van der Waals surface area contributed by atoms with Gasteiger partial charge in [0.05, 0.1) is 23.5 Å². The van der Waals surface area contributed by atoms with E-state index in [4.69, 9.17) is 14.2 Å². The Bertz CT molecular complexity index is 1600. The van der Waals surface area contributed by atoms with Crippen LogP contribution in [0.3, 0.4) is 0 Å². The van der Waals surface area contributed by atoms with E-state index >= 15 is 0 Å². The van der Waals surface area contributed by atoms with Crippen LogP contribution in [0.5, 0.6) is 0 Å². The van der Waals surface area contributed by atoms with Gasteiger partial charge in [-0.1, -0.05) is 53.7 Å². The van der Waals surface area contributed by atoms with Crippen LogP contribution in [-0.4, -0.2) is 79.4 Å². The van der Waals surface area contributed by atoms with Gasteiger partial charge in [-0.3, -0.25) is 14.4 Å². The Morgan fingerprint density at radius 1 is 0.828 bits per heavy atom. The Morgan fingerprint density at radius 3 is 2.16 bits per heavy atom. The number of hydrogen-bond acceptors (Lipinski definition) is 7. The summed E-state index contributed by atoms with van der Waals surface area (Å²) in [5, 5.41) is 6.40. The zero-order valence-corrected chi connectivity index (χ0v) is 38.3. The molecular formula is C48H79N3O7. The van der Waals surface area contributed by atoms with E-state index in [0.29, 0.717) is 43.3 Å². The van der Waals surface area contributed by atoms with E-state index in [1.54, 1.807) is 18.9 Å². The summed E-state index contributed by atoms with van der Waals surface area (Å²) in [5.41, 5.74) is 0.524. The zero-order chi connectivity index (χ0) is 42.8. The predicted octanol–water partition coefficient (Wildman–Crippen LogP) is 8.86. The summed E-state index contributed by atoms with van der Waals surface area (Å²) in [7, 11) is 1.60. The highest BCUT2D eigenvalue weighted by molar-refractivity contribution is 5.84. The zero-order valence-electron chi connectivity index (χ0n) is 38.3. The number of allylic oxidation sites excluding steroid dienone is 1. The quantitative estimate of drug-likeness (QED) is 0.128. The summed E-state index contributed by atoms with van der Waals surface area (Å²) in [4.78, 5) is 55.0. The number of fused-ring (bicyclic) bond motifs is 7. The summed E-state index contributed by atoms with van der Waals surface area (Å²) < 4.78 is 17.5. The fourth-order valence-corrected chi connectivity index (χ4v) is 15.1. The second-order valence-electron chi connectivity index (χ2n) is 22.2. The molecule has 6 aliphatic rings. The highest BCUT2D eigenvalue weighted by Gasteiger charge is 2.72. The molecule has 10 nitrogen and oxygen atoms in total. The Kier molecular flexibility index (Phi) is 12.4. The third-order valence-electron chi connectivity index (χ3n) is 18.0. The van der Waals surface area contributed by atoms with Gasteiger partial charge in [0.25, 0.3) is 0 Å². The van der Waals surface area contributed by atoms with E-state index in [9.17, 15) is 19.2 Å². The molecule has 1 aliphatic heterocycles. The van der Waals surface area contributed by atoms with Crippen molar-refractivity contribution in [2.75, 3.05) is 26.7 Å². The second kappa shape index (κ2) is 16.0. The molecular weight excluding hydrogens is 731 g/mol. The third-order valence-corrected chi connectivity index (χ3v) is 18.0. The van der Waals surface area contributed by atoms with Gasteiger partial charge in [-0.2, -0.15) is 0 Å². The van der Waals surface area contributed by atoms with Crippen molar-refractivity contribution < 1.29 is 33.4 Å². The number of nitrogens with zero attached hydrogens (tertiary/aromatic N) is 1. The lowest BCUT2D eigenvalue weighted by Gasteiger charge is -2.72. The van der Waals surface area contributed by atoms with Crippen molar-refractivity contribution in [3.63, 3.8) is 0 Å². The summed E-state index contributed by atoms with van der Waals surface area (Å²) >= 11 is 0. The van der Waals surface area contributed by atoms with Gasteiger partial charge in [0.15, 0.2) is 0 Å². The van der Waals surface area contributed by atoms with Crippen LogP contribution in [0.15, 0.2) is 12.2 Å². The van der Waals surface area contributed by atoms with E-state index in [1.165, 1.54) is 18.4 Å². The highest BCUT2D eigenvalue weighted by Crippen LogP contribution is 2.77. The average Bonchev–Trinajstić information content (AvgIpc) is 3.78. The first-order valence-corrected chi connectivity index (χ1v) is 22.9. The molecule has 0 spiro atoms. The van der Waals surface area contributed by atoms with Gasteiger partial charge in [0.1, 0.15) is 11.7 Å².